The number of piperidine rings is 1. The van der Waals surface area contributed by atoms with Crippen LogP contribution in [0.3, 0.4) is 0 Å². The third kappa shape index (κ3) is 5.93. The minimum absolute atomic E-state index is 0.120. The van der Waals surface area contributed by atoms with Gasteiger partial charge in [-0.25, -0.2) is 0 Å². The van der Waals surface area contributed by atoms with Crippen LogP contribution < -0.4 is 5.32 Å². The van der Waals surface area contributed by atoms with E-state index >= 15 is 0 Å². The third-order valence-corrected chi connectivity index (χ3v) is 5.30. The molecular formula is C19H32N6O4. The Labute approximate surface area is 171 Å². The number of carbonyl (C=O) groups is 3. The first-order chi connectivity index (χ1) is 13.8. The first-order valence-corrected chi connectivity index (χ1v) is 9.89. The second kappa shape index (κ2) is 10.2. The molecule has 2 amide bonds. The van der Waals surface area contributed by atoms with Gasteiger partial charge < -0.3 is 25.1 Å². The molecule has 0 radical (unpaired) electrons. The monoisotopic (exact) mass is 408 g/mol. The fourth-order valence-corrected chi connectivity index (χ4v) is 3.85. The van der Waals surface area contributed by atoms with Gasteiger partial charge in [0, 0.05) is 45.5 Å². The number of carbonyl (C=O) groups excluding carboxylic acids is 2. The number of amides is 2. The lowest BCUT2D eigenvalue weighted by Gasteiger charge is -2.43. The highest BCUT2D eigenvalue weighted by molar-refractivity contribution is 5.90. The van der Waals surface area contributed by atoms with Gasteiger partial charge in [0.1, 0.15) is 11.4 Å². The number of aromatic nitrogens is 2. The summed E-state index contributed by atoms with van der Waals surface area (Å²) in [5.74, 6) is 0.989. The third-order valence-electron chi connectivity index (χ3n) is 5.30. The van der Waals surface area contributed by atoms with E-state index in [-0.39, 0.29) is 18.3 Å². The number of likely N-dealkylation sites (N-methyl/N-ethyl adjacent to an activating group) is 1. The van der Waals surface area contributed by atoms with Crippen LogP contribution in [0.5, 0.6) is 0 Å². The minimum atomic E-state index is -0.673. The molecule has 1 aromatic rings. The number of rotatable bonds is 5. The van der Waals surface area contributed by atoms with Crippen LogP contribution in [0.2, 0.25) is 0 Å². The van der Waals surface area contributed by atoms with E-state index in [1.807, 2.05) is 48.1 Å². The normalized spacial score (nSPS) is 18.2. The summed E-state index contributed by atoms with van der Waals surface area (Å²) in [7, 11) is 5.65. The molecule has 1 aromatic heterocycles. The largest absolute Gasteiger partial charge is 0.483 e. The van der Waals surface area contributed by atoms with Gasteiger partial charge >= 0.3 is 0 Å². The molecule has 0 atom stereocenters. The molecule has 2 aliphatic rings. The van der Waals surface area contributed by atoms with Crippen LogP contribution in [0.15, 0.2) is 12.3 Å². The predicted octanol–water partition coefficient (Wildman–Crippen LogP) is 0.0780. The standard InChI is InChI=1S/C18H30N6O2.CH2O2/c1-21(2)14-16(25)23-12-7-18(8-13-23,17(26)24-9-4-5-10-24)19-15-6-11-22(3)20-15;2-1-3/h6,11H,4-5,7-10,12-14H2,1-3H3,(H,19,20);1H,(H,2,3). The summed E-state index contributed by atoms with van der Waals surface area (Å²) in [6, 6.07) is 1.89. The van der Waals surface area contributed by atoms with Crippen molar-refractivity contribution in [1.29, 1.82) is 0 Å². The fraction of sp³-hybridized carbons (Fsp3) is 0.684. The van der Waals surface area contributed by atoms with Crippen LogP contribution in [0.1, 0.15) is 25.7 Å². The molecule has 2 N–H and O–H groups in total. The molecule has 29 heavy (non-hydrogen) atoms. The molecular weight excluding hydrogens is 376 g/mol. The van der Waals surface area contributed by atoms with Crippen molar-refractivity contribution in [3.05, 3.63) is 12.3 Å². The van der Waals surface area contributed by atoms with Gasteiger partial charge in [0.2, 0.25) is 11.8 Å². The lowest BCUT2D eigenvalue weighted by Crippen LogP contribution is -2.60. The zero-order chi connectivity index (χ0) is 21.4. The van der Waals surface area contributed by atoms with E-state index in [2.05, 4.69) is 10.4 Å². The Hall–Kier alpha value is -2.62. The summed E-state index contributed by atoms with van der Waals surface area (Å²) in [5, 5.41) is 14.7. The zero-order valence-corrected chi connectivity index (χ0v) is 17.5. The zero-order valence-electron chi connectivity index (χ0n) is 17.5. The molecule has 0 aromatic carbocycles. The Balaban J connectivity index is 0.000000941. The molecule has 0 aliphatic carbocycles. The highest BCUT2D eigenvalue weighted by Gasteiger charge is 2.45. The molecule has 162 valence electrons. The summed E-state index contributed by atoms with van der Waals surface area (Å²) in [6.07, 6.45) is 5.22. The van der Waals surface area contributed by atoms with E-state index in [9.17, 15) is 9.59 Å². The lowest BCUT2D eigenvalue weighted by molar-refractivity contribution is -0.140. The van der Waals surface area contributed by atoms with Gasteiger partial charge in [-0.1, -0.05) is 0 Å². The van der Waals surface area contributed by atoms with Gasteiger partial charge in [-0.05, 0) is 39.8 Å². The number of nitrogens with zero attached hydrogens (tertiary/aromatic N) is 5. The van der Waals surface area contributed by atoms with E-state index in [0.717, 1.165) is 25.9 Å². The molecule has 2 saturated heterocycles. The highest BCUT2D eigenvalue weighted by atomic mass is 16.3. The van der Waals surface area contributed by atoms with Gasteiger partial charge in [-0.2, -0.15) is 5.10 Å². The molecule has 10 nitrogen and oxygen atoms in total. The van der Waals surface area contributed by atoms with Crippen molar-refractivity contribution in [2.45, 2.75) is 31.2 Å². The quantitative estimate of drug-likeness (QED) is 0.664. The Morgan fingerprint density at radius 1 is 1.21 bits per heavy atom. The first-order valence-electron chi connectivity index (χ1n) is 9.89. The van der Waals surface area contributed by atoms with Crippen LogP contribution >= 0.6 is 0 Å². The van der Waals surface area contributed by atoms with Gasteiger partial charge in [0.05, 0.1) is 6.54 Å². The number of hydrogen-bond acceptors (Lipinski definition) is 6. The van der Waals surface area contributed by atoms with E-state index in [4.69, 9.17) is 9.90 Å². The molecule has 0 unspecified atom stereocenters. The summed E-state index contributed by atoms with van der Waals surface area (Å²) in [6.45, 7) is 2.99. The molecule has 2 fully saturated rings. The highest BCUT2D eigenvalue weighted by Crippen LogP contribution is 2.30. The number of aryl methyl sites for hydroxylation is 1. The summed E-state index contributed by atoms with van der Waals surface area (Å²) >= 11 is 0. The summed E-state index contributed by atoms with van der Waals surface area (Å²) in [4.78, 5) is 39.7. The second-order valence-corrected chi connectivity index (χ2v) is 7.81. The average molecular weight is 409 g/mol. The maximum absolute atomic E-state index is 13.3. The maximum atomic E-state index is 13.3. The maximum Gasteiger partial charge on any atom is 0.290 e. The topological polar surface area (TPSA) is 111 Å². The van der Waals surface area contributed by atoms with E-state index in [1.165, 1.54) is 0 Å². The van der Waals surface area contributed by atoms with Gasteiger partial charge in [0.15, 0.2) is 0 Å². The Kier molecular flexibility index (Phi) is 8.00. The SMILES string of the molecule is CN(C)CC(=O)N1CCC(Nc2ccn(C)n2)(C(=O)N2CCCC2)CC1.O=CO. The van der Waals surface area contributed by atoms with E-state index in [1.54, 1.807) is 4.68 Å². The molecule has 3 rings (SSSR count). The Morgan fingerprint density at radius 2 is 1.79 bits per heavy atom. The molecule has 0 spiro atoms. The van der Waals surface area contributed by atoms with E-state index < -0.39 is 5.54 Å². The number of likely N-dealkylation sites (tertiary alicyclic amines) is 2. The van der Waals surface area contributed by atoms with Crippen molar-refractivity contribution in [2.24, 2.45) is 7.05 Å². The van der Waals surface area contributed by atoms with Crippen molar-refractivity contribution < 1.29 is 19.5 Å². The van der Waals surface area contributed by atoms with Crippen molar-refractivity contribution in [2.75, 3.05) is 52.1 Å². The van der Waals surface area contributed by atoms with Crippen LogP contribution in [0.4, 0.5) is 5.82 Å². The summed E-state index contributed by atoms with van der Waals surface area (Å²) < 4.78 is 1.73. The van der Waals surface area contributed by atoms with Gasteiger partial charge in [-0.3, -0.25) is 19.1 Å². The van der Waals surface area contributed by atoms with Crippen LogP contribution in [0, 0.1) is 0 Å². The predicted molar refractivity (Wildman–Crippen MR) is 108 cm³/mol. The average Bonchev–Trinajstić information content (AvgIpc) is 3.33. The minimum Gasteiger partial charge on any atom is -0.483 e. The van der Waals surface area contributed by atoms with Crippen molar-refractivity contribution >= 4 is 24.1 Å². The lowest BCUT2D eigenvalue weighted by atomic mass is 9.85. The molecule has 2 aliphatic heterocycles. The Morgan fingerprint density at radius 3 is 2.28 bits per heavy atom. The van der Waals surface area contributed by atoms with E-state index in [0.29, 0.717) is 38.3 Å². The van der Waals surface area contributed by atoms with Gasteiger partial charge in [0.25, 0.3) is 6.47 Å². The van der Waals surface area contributed by atoms with Gasteiger partial charge in [-0.15, -0.1) is 0 Å². The fourth-order valence-electron chi connectivity index (χ4n) is 3.85. The molecule has 3 heterocycles. The van der Waals surface area contributed by atoms with Crippen LogP contribution in [0.25, 0.3) is 0 Å². The number of nitrogens with one attached hydrogen (secondary N) is 1. The van der Waals surface area contributed by atoms with Crippen LogP contribution in [-0.4, -0.2) is 100 Å². The number of anilines is 1. The second-order valence-electron chi connectivity index (χ2n) is 7.81. The first kappa shape index (κ1) is 22.7. The van der Waals surface area contributed by atoms with Crippen molar-refractivity contribution in [3.63, 3.8) is 0 Å². The van der Waals surface area contributed by atoms with Crippen molar-refractivity contribution in [1.82, 2.24) is 24.5 Å². The molecule has 10 heteroatoms. The summed E-state index contributed by atoms with van der Waals surface area (Å²) in [5.41, 5.74) is -0.673. The molecule has 0 saturated carbocycles. The Bertz CT molecular complexity index is 691. The van der Waals surface area contributed by atoms with Crippen LogP contribution in [-0.2, 0) is 21.4 Å². The number of hydrogen-bond donors (Lipinski definition) is 2. The molecule has 0 bridgehead atoms. The smallest absolute Gasteiger partial charge is 0.290 e. The van der Waals surface area contributed by atoms with Crippen molar-refractivity contribution in [3.8, 4) is 0 Å². The number of carboxylic acid groups (broad SMARTS) is 1.